The van der Waals surface area contributed by atoms with Crippen LogP contribution in [0.15, 0.2) is 18.2 Å². The normalized spacial score (nSPS) is 14.4. The number of benzene rings is 1. The molecule has 0 aliphatic carbocycles. The maximum Gasteiger partial charge on any atom is 0.242 e. The van der Waals surface area contributed by atoms with Gasteiger partial charge in [-0.05, 0) is 37.6 Å². The second-order valence-corrected chi connectivity index (χ2v) is 4.07. The van der Waals surface area contributed by atoms with Crippen molar-refractivity contribution in [3.05, 3.63) is 35.4 Å². The minimum atomic E-state index is -1.26. The minimum Gasteiger partial charge on any atom is -0.368 e. The van der Waals surface area contributed by atoms with Gasteiger partial charge in [-0.3, -0.25) is 10.1 Å². The van der Waals surface area contributed by atoms with Crippen LogP contribution in [0.25, 0.3) is 0 Å². The summed E-state index contributed by atoms with van der Waals surface area (Å²) in [5, 5.41) is 2.91. The summed E-state index contributed by atoms with van der Waals surface area (Å²) < 4.78 is 26.2. The predicted octanol–water partition coefficient (Wildman–Crippen LogP) is 1.66. The molecular formula is C12H16F2N2O. The molecule has 3 N–H and O–H groups in total. The summed E-state index contributed by atoms with van der Waals surface area (Å²) in [5.74, 6) is -2.13. The minimum absolute atomic E-state index is 0.191. The van der Waals surface area contributed by atoms with Gasteiger partial charge >= 0.3 is 0 Å². The van der Waals surface area contributed by atoms with Crippen LogP contribution in [0, 0.1) is 11.6 Å². The van der Waals surface area contributed by atoms with E-state index >= 15 is 0 Å². The molecule has 0 aliphatic rings. The molecule has 0 saturated carbocycles. The Bertz CT molecular complexity index is 403. The van der Waals surface area contributed by atoms with Gasteiger partial charge in [-0.1, -0.05) is 6.92 Å². The van der Waals surface area contributed by atoms with Crippen molar-refractivity contribution in [2.45, 2.75) is 25.8 Å². The molecule has 1 unspecified atom stereocenters. The largest absolute Gasteiger partial charge is 0.368 e. The van der Waals surface area contributed by atoms with Gasteiger partial charge < -0.3 is 5.73 Å². The molecule has 0 fully saturated rings. The lowest BCUT2D eigenvalue weighted by Gasteiger charge is -2.28. The maximum absolute atomic E-state index is 13.1. The molecule has 0 radical (unpaired) electrons. The number of rotatable bonds is 5. The highest BCUT2D eigenvalue weighted by atomic mass is 19.1. The first-order valence-electron chi connectivity index (χ1n) is 5.41. The second kappa shape index (κ2) is 5.23. The number of amides is 1. The lowest BCUT2D eigenvalue weighted by molar-refractivity contribution is -0.124. The zero-order valence-electron chi connectivity index (χ0n) is 9.89. The molecule has 1 aromatic carbocycles. The average Bonchev–Trinajstić information content (AvgIpc) is 2.24. The van der Waals surface area contributed by atoms with Crippen LogP contribution in [0.2, 0.25) is 0 Å². The smallest absolute Gasteiger partial charge is 0.242 e. The number of carbonyl (C=O) groups excluding carboxylic acids is 1. The molecule has 0 aromatic heterocycles. The number of primary amides is 1. The van der Waals surface area contributed by atoms with Gasteiger partial charge in [0.05, 0.1) is 0 Å². The van der Waals surface area contributed by atoms with Crippen molar-refractivity contribution in [2.24, 2.45) is 5.73 Å². The van der Waals surface area contributed by atoms with E-state index in [2.05, 4.69) is 5.32 Å². The van der Waals surface area contributed by atoms with Crippen LogP contribution in [-0.4, -0.2) is 12.5 Å². The number of halogens is 2. The highest BCUT2D eigenvalue weighted by molar-refractivity contribution is 5.85. The Morgan fingerprint density at radius 2 is 1.88 bits per heavy atom. The average molecular weight is 242 g/mol. The Kier molecular flexibility index (Phi) is 4.17. The van der Waals surface area contributed by atoms with Crippen molar-refractivity contribution in [3.63, 3.8) is 0 Å². The van der Waals surface area contributed by atoms with E-state index in [4.69, 9.17) is 5.73 Å². The topological polar surface area (TPSA) is 55.1 Å². The van der Waals surface area contributed by atoms with E-state index in [1.807, 2.05) is 6.92 Å². The van der Waals surface area contributed by atoms with Gasteiger partial charge in [-0.2, -0.15) is 0 Å². The van der Waals surface area contributed by atoms with Gasteiger partial charge in [0.2, 0.25) is 5.91 Å². The van der Waals surface area contributed by atoms with Crippen molar-refractivity contribution >= 4 is 5.91 Å². The van der Waals surface area contributed by atoms with E-state index in [0.717, 1.165) is 24.6 Å². The summed E-state index contributed by atoms with van der Waals surface area (Å²) in [4.78, 5) is 11.5. The van der Waals surface area contributed by atoms with Crippen LogP contribution in [0.1, 0.15) is 25.8 Å². The van der Waals surface area contributed by atoms with Gasteiger partial charge in [0.25, 0.3) is 0 Å². The molecule has 94 valence electrons. The standard InChI is InChI=1S/C12H16F2N2O/c1-3-4-16-12(2,11(15)17)8-5-9(13)7-10(14)6-8/h5-7,16H,3-4H2,1-2H3,(H2,15,17). The summed E-state index contributed by atoms with van der Waals surface area (Å²) in [6.45, 7) is 3.96. The fourth-order valence-corrected chi connectivity index (χ4v) is 1.55. The third-order valence-corrected chi connectivity index (χ3v) is 2.66. The van der Waals surface area contributed by atoms with Crippen LogP contribution in [-0.2, 0) is 10.3 Å². The van der Waals surface area contributed by atoms with Crippen LogP contribution in [0.4, 0.5) is 8.78 Å². The number of hydrogen-bond acceptors (Lipinski definition) is 2. The van der Waals surface area contributed by atoms with Gasteiger partial charge in [0.15, 0.2) is 0 Å². The fourth-order valence-electron chi connectivity index (χ4n) is 1.55. The van der Waals surface area contributed by atoms with E-state index in [9.17, 15) is 13.6 Å². The molecular weight excluding hydrogens is 226 g/mol. The van der Waals surface area contributed by atoms with E-state index in [-0.39, 0.29) is 5.56 Å². The van der Waals surface area contributed by atoms with Crippen molar-refractivity contribution in [1.82, 2.24) is 5.32 Å². The Morgan fingerprint density at radius 3 is 2.29 bits per heavy atom. The molecule has 17 heavy (non-hydrogen) atoms. The third-order valence-electron chi connectivity index (χ3n) is 2.66. The molecule has 1 amide bonds. The first-order chi connectivity index (χ1) is 7.90. The quantitative estimate of drug-likeness (QED) is 0.825. The number of carbonyl (C=O) groups is 1. The van der Waals surface area contributed by atoms with Crippen LogP contribution in [0.3, 0.4) is 0 Å². The fraction of sp³-hybridized carbons (Fsp3) is 0.417. The van der Waals surface area contributed by atoms with Crippen molar-refractivity contribution in [1.29, 1.82) is 0 Å². The molecule has 0 spiro atoms. The summed E-state index contributed by atoms with van der Waals surface area (Å²) in [6.07, 6.45) is 0.778. The van der Waals surface area contributed by atoms with E-state index < -0.39 is 23.1 Å². The van der Waals surface area contributed by atoms with E-state index in [1.165, 1.54) is 6.92 Å². The zero-order chi connectivity index (χ0) is 13.1. The molecule has 1 rings (SSSR count). The first-order valence-corrected chi connectivity index (χ1v) is 5.41. The Labute approximate surface area is 99.0 Å². The van der Waals surface area contributed by atoms with E-state index in [0.29, 0.717) is 6.54 Å². The molecule has 3 nitrogen and oxygen atoms in total. The van der Waals surface area contributed by atoms with E-state index in [1.54, 1.807) is 0 Å². The molecule has 1 aromatic rings. The van der Waals surface area contributed by atoms with Crippen molar-refractivity contribution in [2.75, 3.05) is 6.54 Å². The van der Waals surface area contributed by atoms with Gasteiger partial charge in [-0.15, -0.1) is 0 Å². The highest BCUT2D eigenvalue weighted by Crippen LogP contribution is 2.22. The Morgan fingerprint density at radius 1 is 1.35 bits per heavy atom. The predicted molar refractivity (Wildman–Crippen MR) is 61.2 cm³/mol. The molecule has 0 saturated heterocycles. The van der Waals surface area contributed by atoms with Gasteiger partial charge in [0, 0.05) is 6.07 Å². The molecule has 0 heterocycles. The number of hydrogen-bond donors (Lipinski definition) is 2. The summed E-state index contributed by atoms with van der Waals surface area (Å²) >= 11 is 0. The van der Waals surface area contributed by atoms with Gasteiger partial charge in [-0.25, -0.2) is 8.78 Å². The van der Waals surface area contributed by atoms with Crippen molar-refractivity contribution in [3.8, 4) is 0 Å². The summed E-state index contributed by atoms with van der Waals surface area (Å²) in [5.41, 5.74) is 4.22. The van der Waals surface area contributed by atoms with Gasteiger partial charge in [0.1, 0.15) is 17.2 Å². The number of nitrogens with one attached hydrogen (secondary N) is 1. The monoisotopic (exact) mass is 242 g/mol. The summed E-state index contributed by atoms with van der Waals surface area (Å²) in [7, 11) is 0. The zero-order valence-corrected chi connectivity index (χ0v) is 9.89. The van der Waals surface area contributed by atoms with Crippen molar-refractivity contribution < 1.29 is 13.6 Å². The number of nitrogens with two attached hydrogens (primary N) is 1. The molecule has 0 aliphatic heterocycles. The molecule has 1 atom stereocenters. The SMILES string of the molecule is CCCNC(C)(C(N)=O)c1cc(F)cc(F)c1. The van der Waals surface area contributed by atoms with Crippen LogP contribution >= 0.6 is 0 Å². The maximum atomic E-state index is 13.1. The highest BCUT2D eigenvalue weighted by Gasteiger charge is 2.33. The summed E-state index contributed by atoms with van der Waals surface area (Å²) in [6, 6.07) is 2.97. The lowest BCUT2D eigenvalue weighted by Crippen LogP contribution is -2.50. The second-order valence-electron chi connectivity index (χ2n) is 4.07. The van der Waals surface area contributed by atoms with Crippen LogP contribution < -0.4 is 11.1 Å². The Hall–Kier alpha value is -1.49. The lowest BCUT2D eigenvalue weighted by atomic mass is 9.91. The molecule has 5 heteroatoms. The third kappa shape index (κ3) is 3.00. The molecule has 0 bridgehead atoms. The van der Waals surface area contributed by atoms with Crippen LogP contribution in [0.5, 0.6) is 0 Å². The first kappa shape index (κ1) is 13.6. The Balaban J connectivity index is 3.17.